The molecule has 1 aromatic carbocycles. The molecule has 1 aromatic rings. The molecule has 1 aliphatic rings. The maximum atomic E-state index is 11.3. The first kappa shape index (κ1) is 10.9. The van der Waals surface area contributed by atoms with Crippen LogP contribution in [0.4, 0.5) is 0 Å². The molecule has 3 nitrogen and oxygen atoms in total. The molecule has 0 aromatic heterocycles. The molecule has 0 saturated carbocycles. The van der Waals surface area contributed by atoms with Gasteiger partial charge in [0.25, 0.3) is 0 Å². The lowest BCUT2D eigenvalue weighted by atomic mass is 9.86. The maximum Gasteiger partial charge on any atom is 0.306 e. The number of cyclic esters (lactones) is 1. The van der Waals surface area contributed by atoms with E-state index in [1.165, 1.54) is 6.92 Å². The van der Waals surface area contributed by atoms with Crippen molar-refractivity contribution < 1.29 is 14.3 Å². The molecule has 84 valence electrons. The smallest absolute Gasteiger partial charge is 0.306 e. The van der Waals surface area contributed by atoms with Gasteiger partial charge in [0, 0.05) is 12.8 Å². The minimum atomic E-state index is -0.718. The van der Waals surface area contributed by atoms with Gasteiger partial charge in [0.15, 0.2) is 0 Å². The molecule has 2 rings (SSSR count). The summed E-state index contributed by atoms with van der Waals surface area (Å²) in [4.78, 5) is 22.6. The standard InChI is InChI=1S/C13H14O3/c1-10(14)9-13(8-7-12(15)16-13)11-5-3-2-4-6-11/h2-6H,7-9H2,1H3. The number of rotatable bonds is 3. The van der Waals surface area contributed by atoms with Gasteiger partial charge >= 0.3 is 5.97 Å². The fourth-order valence-electron chi connectivity index (χ4n) is 2.20. The van der Waals surface area contributed by atoms with E-state index < -0.39 is 5.60 Å². The van der Waals surface area contributed by atoms with Gasteiger partial charge in [-0.25, -0.2) is 0 Å². The van der Waals surface area contributed by atoms with Crippen LogP contribution in [0.1, 0.15) is 31.7 Å². The predicted molar refractivity (Wildman–Crippen MR) is 58.7 cm³/mol. The van der Waals surface area contributed by atoms with Crippen molar-refractivity contribution in [1.29, 1.82) is 0 Å². The largest absolute Gasteiger partial charge is 0.454 e. The highest BCUT2D eigenvalue weighted by Crippen LogP contribution is 2.39. The van der Waals surface area contributed by atoms with Crippen LogP contribution in [0.15, 0.2) is 30.3 Å². The monoisotopic (exact) mass is 218 g/mol. The molecule has 1 unspecified atom stereocenters. The van der Waals surface area contributed by atoms with Crippen LogP contribution in [0.25, 0.3) is 0 Å². The van der Waals surface area contributed by atoms with Crippen molar-refractivity contribution >= 4 is 11.8 Å². The third-order valence-electron chi connectivity index (χ3n) is 2.88. The van der Waals surface area contributed by atoms with Gasteiger partial charge in [0.2, 0.25) is 0 Å². The van der Waals surface area contributed by atoms with Gasteiger partial charge in [0.1, 0.15) is 11.4 Å². The number of hydrogen-bond donors (Lipinski definition) is 0. The van der Waals surface area contributed by atoms with Gasteiger partial charge in [-0.05, 0) is 12.5 Å². The SMILES string of the molecule is CC(=O)CC1(c2ccccc2)CCC(=O)O1. The summed E-state index contributed by atoms with van der Waals surface area (Å²) >= 11 is 0. The Balaban J connectivity index is 2.35. The summed E-state index contributed by atoms with van der Waals surface area (Å²) in [5.74, 6) is -0.177. The van der Waals surface area contributed by atoms with Crippen molar-refractivity contribution in [3.63, 3.8) is 0 Å². The number of carbonyl (C=O) groups excluding carboxylic acids is 2. The van der Waals surface area contributed by atoms with Crippen LogP contribution in [0.3, 0.4) is 0 Å². The van der Waals surface area contributed by atoms with E-state index in [1.807, 2.05) is 30.3 Å². The lowest BCUT2D eigenvalue weighted by Crippen LogP contribution is -2.28. The zero-order chi connectivity index (χ0) is 11.6. The van der Waals surface area contributed by atoms with Crippen LogP contribution in [-0.2, 0) is 19.9 Å². The molecule has 0 amide bonds. The van der Waals surface area contributed by atoms with Crippen LogP contribution in [-0.4, -0.2) is 11.8 Å². The Hall–Kier alpha value is -1.64. The number of benzene rings is 1. The summed E-state index contributed by atoms with van der Waals surface area (Å²) in [5, 5.41) is 0. The Morgan fingerprint density at radius 2 is 2.06 bits per heavy atom. The summed E-state index contributed by atoms with van der Waals surface area (Å²) in [6.45, 7) is 1.52. The first-order valence-electron chi connectivity index (χ1n) is 5.39. The number of carbonyl (C=O) groups is 2. The van der Waals surface area contributed by atoms with E-state index in [2.05, 4.69) is 0 Å². The van der Waals surface area contributed by atoms with Gasteiger partial charge in [-0.1, -0.05) is 30.3 Å². The minimum Gasteiger partial charge on any atom is -0.454 e. The molecular weight excluding hydrogens is 204 g/mol. The molecule has 1 saturated heterocycles. The van der Waals surface area contributed by atoms with E-state index in [9.17, 15) is 9.59 Å². The lowest BCUT2D eigenvalue weighted by Gasteiger charge is -2.27. The fourth-order valence-corrected chi connectivity index (χ4v) is 2.20. The van der Waals surface area contributed by atoms with Crippen LogP contribution < -0.4 is 0 Å². The Morgan fingerprint density at radius 1 is 1.38 bits per heavy atom. The zero-order valence-corrected chi connectivity index (χ0v) is 9.23. The van der Waals surface area contributed by atoms with Crippen LogP contribution in [0, 0.1) is 0 Å². The Labute approximate surface area is 94.4 Å². The molecule has 0 spiro atoms. The average molecular weight is 218 g/mol. The van der Waals surface area contributed by atoms with E-state index in [1.54, 1.807) is 0 Å². The molecule has 1 atom stereocenters. The number of hydrogen-bond acceptors (Lipinski definition) is 3. The van der Waals surface area contributed by atoms with E-state index in [0.717, 1.165) is 5.56 Å². The summed E-state index contributed by atoms with van der Waals surface area (Å²) in [6, 6.07) is 9.50. The number of ether oxygens (including phenoxy) is 1. The Morgan fingerprint density at radius 3 is 2.56 bits per heavy atom. The van der Waals surface area contributed by atoms with E-state index >= 15 is 0 Å². The van der Waals surface area contributed by atoms with Crippen molar-refractivity contribution in [1.82, 2.24) is 0 Å². The molecular formula is C13H14O3. The second kappa shape index (κ2) is 4.08. The first-order chi connectivity index (χ1) is 7.62. The number of ketones is 1. The quantitative estimate of drug-likeness (QED) is 0.730. The molecule has 0 radical (unpaired) electrons. The van der Waals surface area contributed by atoms with Crippen molar-refractivity contribution in [3.05, 3.63) is 35.9 Å². The molecule has 1 aliphatic heterocycles. The van der Waals surface area contributed by atoms with E-state index in [4.69, 9.17) is 4.74 Å². The Bertz CT molecular complexity index is 410. The van der Waals surface area contributed by atoms with E-state index in [0.29, 0.717) is 12.8 Å². The second-order valence-corrected chi connectivity index (χ2v) is 4.21. The molecule has 0 N–H and O–H groups in total. The average Bonchev–Trinajstić information content (AvgIpc) is 2.62. The van der Waals surface area contributed by atoms with Gasteiger partial charge in [-0.3, -0.25) is 9.59 Å². The van der Waals surface area contributed by atoms with Crippen LogP contribution in [0.2, 0.25) is 0 Å². The minimum absolute atomic E-state index is 0.0403. The van der Waals surface area contributed by atoms with Crippen LogP contribution >= 0.6 is 0 Å². The van der Waals surface area contributed by atoms with Gasteiger partial charge in [-0.2, -0.15) is 0 Å². The van der Waals surface area contributed by atoms with Crippen molar-refractivity contribution in [3.8, 4) is 0 Å². The molecule has 0 aliphatic carbocycles. The summed E-state index contributed by atoms with van der Waals surface area (Å²) in [5.41, 5.74) is 0.195. The topological polar surface area (TPSA) is 43.4 Å². The fraction of sp³-hybridized carbons (Fsp3) is 0.385. The third-order valence-corrected chi connectivity index (χ3v) is 2.88. The highest BCUT2D eigenvalue weighted by Gasteiger charge is 2.42. The van der Waals surface area contributed by atoms with Gasteiger partial charge < -0.3 is 4.74 Å². The molecule has 16 heavy (non-hydrogen) atoms. The molecule has 0 bridgehead atoms. The van der Waals surface area contributed by atoms with Crippen molar-refractivity contribution in [2.24, 2.45) is 0 Å². The lowest BCUT2D eigenvalue weighted by molar-refractivity contribution is -0.151. The molecule has 1 fully saturated rings. The van der Waals surface area contributed by atoms with E-state index in [-0.39, 0.29) is 18.2 Å². The summed E-state index contributed by atoms with van der Waals surface area (Å²) < 4.78 is 5.39. The summed E-state index contributed by atoms with van der Waals surface area (Å²) in [7, 11) is 0. The maximum absolute atomic E-state index is 11.3. The van der Waals surface area contributed by atoms with Crippen LogP contribution in [0.5, 0.6) is 0 Å². The van der Waals surface area contributed by atoms with Gasteiger partial charge in [0.05, 0.1) is 6.42 Å². The highest BCUT2D eigenvalue weighted by atomic mass is 16.6. The highest BCUT2D eigenvalue weighted by molar-refractivity contribution is 5.79. The normalized spacial score (nSPS) is 24.2. The first-order valence-corrected chi connectivity index (χ1v) is 5.39. The summed E-state index contributed by atoms with van der Waals surface area (Å²) in [6.07, 6.45) is 1.25. The predicted octanol–water partition coefficient (Wildman–Crippen LogP) is 2.20. The zero-order valence-electron chi connectivity index (χ0n) is 9.23. The molecule has 3 heteroatoms. The Kier molecular flexibility index (Phi) is 2.77. The molecule has 1 heterocycles. The number of Topliss-reactive ketones (excluding diaryl/α,β-unsaturated/α-hetero) is 1. The number of esters is 1. The van der Waals surface area contributed by atoms with Crippen molar-refractivity contribution in [2.45, 2.75) is 31.8 Å². The van der Waals surface area contributed by atoms with Crippen molar-refractivity contribution in [2.75, 3.05) is 0 Å². The third kappa shape index (κ3) is 1.98. The van der Waals surface area contributed by atoms with Gasteiger partial charge in [-0.15, -0.1) is 0 Å². The second-order valence-electron chi connectivity index (χ2n) is 4.21.